The summed E-state index contributed by atoms with van der Waals surface area (Å²) in [6, 6.07) is 12.3. The molecule has 0 atom stereocenters. The predicted octanol–water partition coefficient (Wildman–Crippen LogP) is 2.44. The Balaban J connectivity index is 2.04. The number of hydrogen-bond donors (Lipinski definition) is 1. The van der Waals surface area contributed by atoms with Gasteiger partial charge in [-0.05, 0) is 23.8 Å². The number of methoxy groups -OCH3 is 1. The van der Waals surface area contributed by atoms with Crippen LogP contribution in [0.2, 0.25) is 0 Å². The van der Waals surface area contributed by atoms with E-state index in [-0.39, 0.29) is 0 Å². The number of aromatic nitrogens is 1. The molecule has 0 saturated carbocycles. The Morgan fingerprint density at radius 2 is 2.11 bits per heavy atom. The summed E-state index contributed by atoms with van der Waals surface area (Å²) in [6.07, 6.45) is 1.87. The Morgan fingerprint density at radius 3 is 2.83 bits per heavy atom. The molecule has 92 valence electrons. The molecular weight excluding hydrogens is 224 g/mol. The fourth-order valence-electron chi connectivity index (χ4n) is 2.26. The highest BCUT2D eigenvalue weighted by atomic mass is 16.5. The molecule has 1 aromatic heterocycles. The summed E-state index contributed by atoms with van der Waals surface area (Å²) in [5.74, 6) is 1.42. The number of pyridine rings is 1. The molecule has 0 unspecified atom stereocenters. The fraction of sp³-hybridized carbons (Fsp3) is 0.267. The maximum absolute atomic E-state index is 5.28. The van der Waals surface area contributed by atoms with Crippen LogP contribution < -0.4 is 10.1 Å². The molecule has 1 saturated heterocycles. The van der Waals surface area contributed by atoms with Crippen LogP contribution in [0.3, 0.4) is 0 Å². The SMILES string of the molecule is COc1cccc(-c2cccnc2C2CNC2)c1. The Labute approximate surface area is 107 Å². The standard InChI is InChI=1S/C15H16N2O/c1-18-13-5-2-4-11(8-13)14-6-3-7-17-15(14)12-9-16-10-12/h2-8,12,16H,9-10H2,1H3. The molecule has 3 heteroatoms. The number of ether oxygens (including phenoxy) is 1. The lowest BCUT2D eigenvalue weighted by Gasteiger charge is -2.28. The van der Waals surface area contributed by atoms with E-state index in [9.17, 15) is 0 Å². The molecular formula is C15H16N2O. The van der Waals surface area contributed by atoms with Crippen molar-refractivity contribution in [2.75, 3.05) is 20.2 Å². The van der Waals surface area contributed by atoms with Crippen LogP contribution in [0.4, 0.5) is 0 Å². The Kier molecular flexibility index (Phi) is 2.99. The molecule has 1 fully saturated rings. The largest absolute Gasteiger partial charge is 0.497 e. The lowest BCUT2D eigenvalue weighted by molar-refractivity contribution is 0.415. The molecule has 1 aliphatic heterocycles. The monoisotopic (exact) mass is 240 g/mol. The molecule has 2 heterocycles. The Morgan fingerprint density at radius 1 is 1.22 bits per heavy atom. The molecule has 3 nitrogen and oxygen atoms in total. The van der Waals surface area contributed by atoms with Crippen molar-refractivity contribution in [3.8, 4) is 16.9 Å². The molecule has 0 radical (unpaired) electrons. The van der Waals surface area contributed by atoms with Gasteiger partial charge in [0, 0.05) is 30.8 Å². The lowest BCUT2D eigenvalue weighted by atomic mass is 9.91. The van der Waals surface area contributed by atoms with Crippen LogP contribution in [0.5, 0.6) is 5.75 Å². The molecule has 1 N–H and O–H groups in total. The first kappa shape index (κ1) is 11.2. The molecule has 1 aromatic carbocycles. The van der Waals surface area contributed by atoms with Gasteiger partial charge in [-0.25, -0.2) is 0 Å². The van der Waals surface area contributed by atoms with E-state index >= 15 is 0 Å². The predicted molar refractivity (Wildman–Crippen MR) is 71.8 cm³/mol. The minimum Gasteiger partial charge on any atom is -0.497 e. The third-order valence-electron chi connectivity index (χ3n) is 3.39. The van der Waals surface area contributed by atoms with Crippen molar-refractivity contribution in [1.82, 2.24) is 10.3 Å². The minimum atomic E-state index is 0.535. The first-order valence-corrected chi connectivity index (χ1v) is 6.18. The quantitative estimate of drug-likeness (QED) is 0.894. The van der Waals surface area contributed by atoms with Gasteiger partial charge in [0.25, 0.3) is 0 Å². The van der Waals surface area contributed by atoms with Crippen molar-refractivity contribution >= 4 is 0 Å². The molecule has 18 heavy (non-hydrogen) atoms. The van der Waals surface area contributed by atoms with Crippen LogP contribution in [-0.4, -0.2) is 25.2 Å². The summed E-state index contributed by atoms with van der Waals surface area (Å²) in [5.41, 5.74) is 3.57. The molecule has 0 aliphatic carbocycles. The number of nitrogens with zero attached hydrogens (tertiary/aromatic N) is 1. The van der Waals surface area contributed by atoms with E-state index in [4.69, 9.17) is 4.74 Å². The van der Waals surface area contributed by atoms with Gasteiger partial charge in [0.1, 0.15) is 5.75 Å². The van der Waals surface area contributed by atoms with Crippen LogP contribution in [0.1, 0.15) is 11.6 Å². The summed E-state index contributed by atoms with van der Waals surface area (Å²) >= 11 is 0. The van der Waals surface area contributed by atoms with E-state index in [0.29, 0.717) is 5.92 Å². The second-order valence-corrected chi connectivity index (χ2v) is 4.52. The molecule has 2 aromatic rings. The topological polar surface area (TPSA) is 34.1 Å². The number of benzene rings is 1. The third-order valence-corrected chi connectivity index (χ3v) is 3.39. The van der Waals surface area contributed by atoms with E-state index in [2.05, 4.69) is 28.5 Å². The van der Waals surface area contributed by atoms with Gasteiger partial charge in [-0.2, -0.15) is 0 Å². The van der Waals surface area contributed by atoms with Crippen LogP contribution in [0.15, 0.2) is 42.6 Å². The zero-order valence-electron chi connectivity index (χ0n) is 10.4. The van der Waals surface area contributed by atoms with E-state index in [1.807, 2.05) is 24.4 Å². The molecule has 0 spiro atoms. The second kappa shape index (κ2) is 4.78. The van der Waals surface area contributed by atoms with Crippen molar-refractivity contribution < 1.29 is 4.74 Å². The van der Waals surface area contributed by atoms with Gasteiger partial charge in [0.15, 0.2) is 0 Å². The number of nitrogens with one attached hydrogen (secondary N) is 1. The Hall–Kier alpha value is -1.87. The van der Waals surface area contributed by atoms with Gasteiger partial charge in [-0.1, -0.05) is 18.2 Å². The van der Waals surface area contributed by atoms with Crippen molar-refractivity contribution in [1.29, 1.82) is 0 Å². The smallest absolute Gasteiger partial charge is 0.119 e. The number of hydrogen-bond acceptors (Lipinski definition) is 3. The zero-order valence-corrected chi connectivity index (χ0v) is 10.4. The van der Waals surface area contributed by atoms with Crippen LogP contribution in [-0.2, 0) is 0 Å². The second-order valence-electron chi connectivity index (χ2n) is 4.52. The van der Waals surface area contributed by atoms with E-state index in [1.54, 1.807) is 7.11 Å². The summed E-state index contributed by atoms with van der Waals surface area (Å²) in [5, 5.41) is 3.30. The summed E-state index contributed by atoms with van der Waals surface area (Å²) in [4.78, 5) is 4.55. The van der Waals surface area contributed by atoms with Gasteiger partial charge in [0.05, 0.1) is 12.8 Å². The van der Waals surface area contributed by atoms with E-state index in [0.717, 1.165) is 18.8 Å². The molecule has 3 rings (SSSR count). The molecule has 0 bridgehead atoms. The van der Waals surface area contributed by atoms with E-state index < -0.39 is 0 Å². The first-order valence-electron chi connectivity index (χ1n) is 6.18. The van der Waals surface area contributed by atoms with Gasteiger partial charge < -0.3 is 10.1 Å². The van der Waals surface area contributed by atoms with Crippen molar-refractivity contribution in [2.45, 2.75) is 5.92 Å². The van der Waals surface area contributed by atoms with Gasteiger partial charge >= 0.3 is 0 Å². The maximum atomic E-state index is 5.28. The van der Waals surface area contributed by atoms with Gasteiger partial charge in [-0.15, -0.1) is 0 Å². The third kappa shape index (κ3) is 1.97. The summed E-state index contributed by atoms with van der Waals surface area (Å²) in [6.45, 7) is 2.04. The normalized spacial score (nSPS) is 15.2. The fourth-order valence-corrected chi connectivity index (χ4v) is 2.26. The first-order chi connectivity index (χ1) is 8.88. The zero-order chi connectivity index (χ0) is 12.4. The van der Waals surface area contributed by atoms with Crippen molar-refractivity contribution in [3.63, 3.8) is 0 Å². The van der Waals surface area contributed by atoms with Crippen molar-refractivity contribution in [3.05, 3.63) is 48.3 Å². The molecule has 1 aliphatic rings. The van der Waals surface area contributed by atoms with Crippen LogP contribution >= 0.6 is 0 Å². The summed E-state index contributed by atoms with van der Waals surface area (Å²) < 4.78 is 5.28. The summed E-state index contributed by atoms with van der Waals surface area (Å²) in [7, 11) is 1.69. The maximum Gasteiger partial charge on any atom is 0.119 e. The average molecular weight is 240 g/mol. The highest BCUT2D eigenvalue weighted by Gasteiger charge is 2.23. The van der Waals surface area contributed by atoms with Crippen molar-refractivity contribution in [2.24, 2.45) is 0 Å². The van der Waals surface area contributed by atoms with Gasteiger partial charge in [0.2, 0.25) is 0 Å². The van der Waals surface area contributed by atoms with Gasteiger partial charge in [-0.3, -0.25) is 4.98 Å². The van der Waals surface area contributed by atoms with Crippen LogP contribution in [0.25, 0.3) is 11.1 Å². The average Bonchev–Trinajstić information content (AvgIpc) is 2.37. The highest BCUT2D eigenvalue weighted by molar-refractivity contribution is 5.68. The minimum absolute atomic E-state index is 0.535. The highest BCUT2D eigenvalue weighted by Crippen LogP contribution is 2.31. The molecule has 0 amide bonds. The lowest BCUT2D eigenvalue weighted by Crippen LogP contribution is -2.40. The Bertz CT molecular complexity index is 550. The number of rotatable bonds is 3. The van der Waals surface area contributed by atoms with Crippen LogP contribution in [0, 0.1) is 0 Å². The van der Waals surface area contributed by atoms with E-state index in [1.165, 1.54) is 16.8 Å².